The molecule has 0 unspecified atom stereocenters. The Balaban J connectivity index is 2.00. The molecule has 0 radical (unpaired) electrons. The van der Waals surface area contributed by atoms with Gasteiger partial charge < -0.3 is 38.1 Å². The van der Waals surface area contributed by atoms with E-state index in [4.69, 9.17) is 17.7 Å². The van der Waals surface area contributed by atoms with Crippen LogP contribution >= 0.6 is 0 Å². The molecule has 4 N–H and O–H groups in total. The molecule has 2 heterocycles. The van der Waals surface area contributed by atoms with Crippen LogP contribution in [0, 0.1) is 6.92 Å². The highest BCUT2D eigenvalue weighted by molar-refractivity contribution is 6.02. The fourth-order valence-electron chi connectivity index (χ4n) is 3.03. The Labute approximate surface area is 149 Å². The summed E-state index contributed by atoms with van der Waals surface area (Å²) in [6.45, 7) is 1.78. The molecule has 136 valence electrons. The third kappa shape index (κ3) is 2.16. The number of fused-ring (bicyclic) bond motifs is 5. The number of hydrogen-bond donors (Lipinski definition) is 4. The van der Waals surface area contributed by atoms with E-state index in [1.807, 2.05) is 0 Å². The van der Waals surface area contributed by atoms with E-state index in [9.17, 15) is 20.4 Å². The summed E-state index contributed by atoms with van der Waals surface area (Å²) in [6, 6.07) is 6.77. The van der Waals surface area contributed by atoms with Crippen LogP contribution in [-0.2, 0) is 0 Å². The van der Waals surface area contributed by atoms with E-state index in [0.29, 0.717) is 0 Å². The first-order valence-electron chi connectivity index (χ1n) is 7.91. The topological polar surface area (TPSA) is 133 Å². The predicted octanol–water partition coefficient (Wildman–Crippen LogP) is 4.93. The lowest BCUT2D eigenvalue weighted by atomic mass is 10.2. The summed E-state index contributed by atoms with van der Waals surface area (Å²) in [5.74, 6) is -0.967. The Kier molecular flexibility index (Phi) is 2.86. The van der Waals surface area contributed by atoms with Crippen molar-refractivity contribution in [2.75, 3.05) is 0 Å². The van der Waals surface area contributed by atoms with Crippen molar-refractivity contribution >= 4 is 44.7 Å². The molecule has 0 bridgehead atoms. The smallest absolute Gasteiger partial charge is 0.220 e. The van der Waals surface area contributed by atoms with Gasteiger partial charge in [-0.1, -0.05) is 0 Å². The lowest BCUT2D eigenvalue weighted by Gasteiger charge is -2.09. The molecule has 8 heteroatoms. The Morgan fingerprint density at radius 3 is 1.89 bits per heavy atom. The quantitative estimate of drug-likeness (QED) is 0.223. The van der Waals surface area contributed by atoms with Gasteiger partial charge in [0.2, 0.25) is 27.9 Å². The number of rotatable bonds is 0. The largest absolute Gasteiger partial charge is 0.508 e. The molecule has 0 spiro atoms. The molecule has 0 aliphatic heterocycles. The molecule has 5 rings (SSSR count). The van der Waals surface area contributed by atoms with Gasteiger partial charge in [-0.15, -0.1) is 0 Å². The number of phenolic OH excluding ortho intramolecular Hbond substituents is 4. The zero-order valence-electron chi connectivity index (χ0n) is 13.8. The van der Waals surface area contributed by atoms with Gasteiger partial charge >= 0.3 is 0 Å². The van der Waals surface area contributed by atoms with Crippen LogP contribution in [0.25, 0.3) is 44.7 Å². The number of phenols is 4. The molecule has 0 aliphatic carbocycles. The van der Waals surface area contributed by atoms with Gasteiger partial charge in [0.25, 0.3) is 0 Å². The highest BCUT2D eigenvalue weighted by atomic mass is 16.4. The molecule has 0 fully saturated rings. The molecule has 0 saturated heterocycles. The monoisotopic (exact) mass is 368 g/mol. The van der Waals surface area contributed by atoms with Gasteiger partial charge in [-0.05, 0) is 24.6 Å². The molecular formula is C19H12O8. The summed E-state index contributed by atoms with van der Waals surface area (Å²) in [5, 5.41) is 40.1. The Bertz CT molecular complexity index is 1420. The lowest BCUT2D eigenvalue weighted by molar-refractivity contribution is 0.438. The van der Waals surface area contributed by atoms with Crippen molar-refractivity contribution in [3.63, 3.8) is 0 Å². The Morgan fingerprint density at radius 2 is 1.07 bits per heavy atom. The first kappa shape index (κ1) is 15.3. The van der Waals surface area contributed by atoms with Crippen molar-refractivity contribution < 1.29 is 38.1 Å². The number of hydrogen-bond acceptors (Lipinski definition) is 8. The standard InChI is InChI=1S/C19H12O8/c1-7-2-9(21)16-12(3-7)25-17-11(23)6-14-18(19(17)27-16)26-13-5-8(20)4-10(22)15(13)24-14/h2-6,20-23H,1H3. The first-order chi connectivity index (χ1) is 12.9. The van der Waals surface area contributed by atoms with Gasteiger partial charge in [0.05, 0.1) is 0 Å². The van der Waals surface area contributed by atoms with E-state index in [1.54, 1.807) is 13.0 Å². The third-order valence-corrected chi connectivity index (χ3v) is 4.18. The van der Waals surface area contributed by atoms with Gasteiger partial charge in [-0.3, -0.25) is 0 Å². The number of aromatic hydroxyl groups is 4. The van der Waals surface area contributed by atoms with Crippen LogP contribution < -0.4 is 0 Å². The van der Waals surface area contributed by atoms with E-state index < -0.39 is 0 Å². The van der Waals surface area contributed by atoms with Crippen LogP contribution in [0.2, 0.25) is 0 Å². The minimum Gasteiger partial charge on any atom is -0.508 e. The molecule has 2 aromatic heterocycles. The van der Waals surface area contributed by atoms with Gasteiger partial charge in [0.15, 0.2) is 34.0 Å². The first-order valence-corrected chi connectivity index (χ1v) is 7.91. The van der Waals surface area contributed by atoms with Gasteiger partial charge in [0, 0.05) is 18.2 Å². The SMILES string of the molecule is Cc1cc(O)c2oc3c(oc2c1)c(O)cc1oc2c(O)cc(O)cc2oc13. The molecule has 0 amide bonds. The van der Waals surface area contributed by atoms with E-state index >= 15 is 0 Å². The molecule has 27 heavy (non-hydrogen) atoms. The second kappa shape index (κ2) is 5.04. The van der Waals surface area contributed by atoms with Crippen LogP contribution in [-0.4, -0.2) is 20.4 Å². The van der Waals surface area contributed by atoms with Crippen molar-refractivity contribution in [1.29, 1.82) is 0 Å². The second-order valence-electron chi connectivity index (χ2n) is 6.19. The van der Waals surface area contributed by atoms with Crippen LogP contribution in [0.15, 0.2) is 48.0 Å². The predicted molar refractivity (Wildman–Crippen MR) is 94.6 cm³/mol. The molecule has 5 aromatic rings. The van der Waals surface area contributed by atoms with Gasteiger partial charge in [-0.25, -0.2) is 0 Å². The van der Waals surface area contributed by atoms with E-state index in [0.717, 1.165) is 11.6 Å². The third-order valence-electron chi connectivity index (χ3n) is 4.18. The fourth-order valence-corrected chi connectivity index (χ4v) is 3.03. The molecule has 3 aromatic carbocycles. The maximum absolute atomic E-state index is 10.3. The summed E-state index contributed by atoms with van der Waals surface area (Å²) >= 11 is 0. The summed E-state index contributed by atoms with van der Waals surface area (Å²) in [5.41, 5.74) is 1.19. The van der Waals surface area contributed by atoms with E-state index in [1.165, 1.54) is 18.2 Å². The Morgan fingerprint density at radius 1 is 0.519 bits per heavy atom. The molecule has 0 atom stereocenters. The summed E-state index contributed by atoms with van der Waals surface area (Å²) in [4.78, 5) is 0. The van der Waals surface area contributed by atoms with Crippen molar-refractivity contribution in [1.82, 2.24) is 0 Å². The van der Waals surface area contributed by atoms with Crippen LogP contribution in [0.3, 0.4) is 0 Å². The minimum atomic E-state index is -0.330. The highest BCUT2D eigenvalue weighted by Gasteiger charge is 2.20. The van der Waals surface area contributed by atoms with Crippen molar-refractivity contribution in [3.8, 4) is 23.0 Å². The van der Waals surface area contributed by atoms with Crippen LogP contribution in [0.1, 0.15) is 5.56 Å². The average molecular weight is 368 g/mol. The maximum atomic E-state index is 10.3. The molecule has 0 saturated carbocycles. The van der Waals surface area contributed by atoms with Crippen molar-refractivity contribution in [3.05, 3.63) is 35.9 Å². The average Bonchev–Trinajstić information content (AvgIpc) is 2.60. The number of aryl methyl sites for hydroxylation is 1. The van der Waals surface area contributed by atoms with Crippen LogP contribution in [0.5, 0.6) is 23.0 Å². The normalized spacial score (nSPS) is 11.7. The van der Waals surface area contributed by atoms with Gasteiger partial charge in [-0.2, -0.15) is 0 Å². The lowest BCUT2D eigenvalue weighted by Crippen LogP contribution is -1.84. The second-order valence-corrected chi connectivity index (χ2v) is 6.19. The summed E-state index contributed by atoms with van der Waals surface area (Å²) in [7, 11) is 0. The molecule has 8 nitrogen and oxygen atoms in total. The molecule has 0 aliphatic rings. The van der Waals surface area contributed by atoms with E-state index in [2.05, 4.69) is 0 Å². The van der Waals surface area contributed by atoms with E-state index in [-0.39, 0.29) is 67.7 Å². The Hall–Kier alpha value is -3.94. The summed E-state index contributed by atoms with van der Waals surface area (Å²) < 4.78 is 22.8. The van der Waals surface area contributed by atoms with Crippen molar-refractivity contribution in [2.24, 2.45) is 0 Å². The molecular weight excluding hydrogens is 356 g/mol. The summed E-state index contributed by atoms with van der Waals surface area (Å²) in [6.07, 6.45) is 0. The maximum Gasteiger partial charge on any atom is 0.220 e. The zero-order chi connectivity index (χ0) is 18.9. The number of benzene rings is 3. The fraction of sp³-hybridized carbons (Fsp3) is 0.0526. The van der Waals surface area contributed by atoms with Crippen LogP contribution in [0.4, 0.5) is 0 Å². The highest BCUT2D eigenvalue weighted by Crippen LogP contribution is 2.41. The van der Waals surface area contributed by atoms with Crippen molar-refractivity contribution in [2.45, 2.75) is 6.92 Å². The minimum absolute atomic E-state index is 0.00913. The van der Waals surface area contributed by atoms with Gasteiger partial charge in [0.1, 0.15) is 5.75 Å². The zero-order valence-corrected chi connectivity index (χ0v) is 13.8.